The van der Waals surface area contributed by atoms with E-state index in [1.54, 1.807) is 0 Å². The summed E-state index contributed by atoms with van der Waals surface area (Å²) in [4.78, 5) is -0.729. The van der Waals surface area contributed by atoms with Crippen LogP contribution in [0.15, 0.2) is 29.2 Å². The molecule has 0 aliphatic heterocycles. The molecule has 1 saturated carbocycles. The van der Waals surface area contributed by atoms with Crippen molar-refractivity contribution in [3.8, 4) is 0 Å². The van der Waals surface area contributed by atoms with Gasteiger partial charge in [-0.05, 0) is 37.9 Å². The van der Waals surface area contributed by atoms with E-state index in [-0.39, 0.29) is 6.54 Å². The van der Waals surface area contributed by atoms with Gasteiger partial charge >= 0.3 is 6.18 Å². The zero-order chi connectivity index (χ0) is 15.5. The Hall–Kier alpha value is -1.12. The molecule has 1 fully saturated rings. The lowest BCUT2D eigenvalue weighted by atomic mass is 10.2. The molecule has 1 aromatic carbocycles. The second kappa shape index (κ2) is 6.33. The molecule has 0 unspecified atom stereocenters. The molecule has 1 aromatic rings. The van der Waals surface area contributed by atoms with E-state index < -0.39 is 26.7 Å². The van der Waals surface area contributed by atoms with Gasteiger partial charge in [-0.1, -0.05) is 12.1 Å². The van der Waals surface area contributed by atoms with Crippen LogP contribution in [0, 0.1) is 0 Å². The first kappa shape index (κ1) is 16.3. The zero-order valence-corrected chi connectivity index (χ0v) is 12.1. The van der Waals surface area contributed by atoms with E-state index in [0.29, 0.717) is 19.0 Å². The van der Waals surface area contributed by atoms with E-state index in [1.807, 2.05) is 0 Å². The monoisotopic (exact) mass is 322 g/mol. The number of hydrogen-bond acceptors (Lipinski definition) is 3. The van der Waals surface area contributed by atoms with Crippen molar-refractivity contribution in [2.75, 3.05) is 13.1 Å². The van der Waals surface area contributed by atoms with Crippen molar-refractivity contribution in [1.29, 1.82) is 0 Å². The van der Waals surface area contributed by atoms with Crippen molar-refractivity contribution < 1.29 is 21.6 Å². The fourth-order valence-electron chi connectivity index (χ4n) is 1.90. The highest BCUT2D eigenvalue weighted by atomic mass is 32.2. The van der Waals surface area contributed by atoms with Crippen molar-refractivity contribution in [1.82, 2.24) is 10.0 Å². The fraction of sp³-hybridized carbons (Fsp3) is 0.538. The van der Waals surface area contributed by atoms with Crippen LogP contribution in [-0.4, -0.2) is 27.5 Å². The third-order valence-electron chi connectivity index (χ3n) is 3.14. The molecule has 2 N–H and O–H groups in total. The molecular weight excluding hydrogens is 305 g/mol. The summed E-state index contributed by atoms with van der Waals surface area (Å²) in [7, 11) is -4.16. The molecule has 1 aliphatic rings. The number of hydrogen-bond donors (Lipinski definition) is 2. The standard InChI is InChI=1S/C13H17F3N2O2S/c14-13(15,16)11-4-1-2-5-12(11)21(19,20)18-9-3-8-17-10-6-7-10/h1-2,4-5,10,17-18H,3,6-9H2. The Balaban J connectivity index is 1.98. The molecule has 0 heterocycles. The highest BCUT2D eigenvalue weighted by molar-refractivity contribution is 7.89. The van der Waals surface area contributed by atoms with Gasteiger partial charge in [0, 0.05) is 12.6 Å². The summed E-state index contributed by atoms with van der Waals surface area (Å²) in [5.74, 6) is 0. The number of benzene rings is 1. The molecule has 21 heavy (non-hydrogen) atoms. The smallest absolute Gasteiger partial charge is 0.314 e. The van der Waals surface area contributed by atoms with Crippen LogP contribution < -0.4 is 10.0 Å². The third kappa shape index (κ3) is 4.69. The predicted octanol–water partition coefficient (Wildman–Crippen LogP) is 2.13. The van der Waals surface area contributed by atoms with Crippen LogP contribution in [0.1, 0.15) is 24.8 Å². The molecule has 0 bridgehead atoms. The van der Waals surface area contributed by atoms with Gasteiger partial charge < -0.3 is 5.32 Å². The average Bonchev–Trinajstić information content (AvgIpc) is 3.21. The number of sulfonamides is 1. The van der Waals surface area contributed by atoms with E-state index in [4.69, 9.17) is 0 Å². The first-order valence-corrected chi connectivity index (χ1v) is 8.18. The highest BCUT2D eigenvalue weighted by Crippen LogP contribution is 2.33. The maximum absolute atomic E-state index is 12.8. The molecular formula is C13H17F3N2O2S. The Kier molecular flexibility index (Phi) is 4.90. The van der Waals surface area contributed by atoms with Gasteiger partial charge in [0.25, 0.3) is 0 Å². The number of halogens is 3. The molecule has 1 aliphatic carbocycles. The molecule has 0 atom stereocenters. The Morgan fingerprint density at radius 3 is 2.43 bits per heavy atom. The van der Waals surface area contributed by atoms with E-state index in [9.17, 15) is 21.6 Å². The van der Waals surface area contributed by atoms with E-state index in [2.05, 4.69) is 10.0 Å². The largest absolute Gasteiger partial charge is 0.417 e. The van der Waals surface area contributed by atoms with Gasteiger partial charge in [-0.3, -0.25) is 0 Å². The van der Waals surface area contributed by atoms with Crippen molar-refractivity contribution >= 4 is 10.0 Å². The summed E-state index contributed by atoms with van der Waals surface area (Å²) in [5, 5.41) is 3.20. The minimum atomic E-state index is -4.70. The maximum Gasteiger partial charge on any atom is 0.417 e. The Morgan fingerprint density at radius 2 is 1.81 bits per heavy atom. The highest BCUT2D eigenvalue weighted by Gasteiger charge is 2.36. The minimum Gasteiger partial charge on any atom is -0.314 e. The first-order chi connectivity index (χ1) is 9.81. The van der Waals surface area contributed by atoms with E-state index in [1.165, 1.54) is 12.1 Å². The number of nitrogens with one attached hydrogen (secondary N) is 2. The summed E-state index contributed by atoms with van der Waals surface area (Å²) in [6, 6.07) is 4.70. The quantitative estimate of drug-likeness (QED) is 0.756. The summed E-state index contributed by atoms with van der Waals surface area (Å²) < 4.78 is 64.6. The van der Waals surface area contributed by atoms with Gasteiger partial charge in [-0.25, -0.2) is 13.1 Å². The molecule has 118 valence electrons. The lowest BCUT2D eigenvalue weighted by Crippen LogP contribution is -2.29. The molecule has 2 rings (SSSR count). The summed E-state index contributed by atoms with van der Waals surface area (Å²) in [6.45, 7) is 0.752. The van der Waals surface area contributed by atoms with Crippen LogP contribution in [-0.2, 0) is 16.2 Å². The first-order valence-electron chi connectivity index (χ1n) is 6.70. The Morgan fingerprint density at radius 1 is 1.14 bits per heavy atom. The Labute approximate surface area is 121 Å². The van der Waals surface area contributed by atoms with Crippen LogP contribution in [0.2, 0.25) is 0 Å². The Bertz CT molecular complexity index is 583. The molecule has 0 amide bonds. The van der Waals surface area contributed by atoms with E-state index >= 15 is 0 Å². The van der Waals surface area contributed by atoms with Crippen LogP contribution in [0.5, 0.6) is 0 Å². The molecule has 0 radical (unpaired) electrons. The number of rotatable bonds is 7. The molecule has 0 aromatic heterocycles. The van der Waals surface area contributed by atoms with Gasteiger partial charge in [0.2, 0.25) is 10.0 Å². The second-order valence-electron chi connectivity index (χ2n) is 4.97. The third-order valence-corrected chi connectivity index (χ3v) is 4.66. The van der Waals surface area contributed by atoms with Gasteiger partial charge in [0.15, 0.2) is 0 Å². The van der Waals surface area contributed by atoms with Gasteiger partial charge in [-0.15, -0.1) is 0 Å². The molecule has 8 heteroatoms. The van der Waals surface area contributed by atoms with E-state index in [0.717, 1.165) is 25.0 Å². The van der Waals surface area contributed by atoms with Gasteiger partial charge in [0.05, 0.1) is 10.5 Å². The van der Waals surface area contributed by atoms with Crippen molar-refractivity contribution in [2.24, 2.45) is 0 Å². The summed E-state index contributed by atoms with van der Waals surface area (Å²) >= 11 is 0. The van der Waals surface area contributed by atoms with Crippen molar-refractivity contribution in [2.45, 2.75) is 36.4 Å². The zero-order valence-electron chi connectivity index (χ0n) is 11.3. The van der Waals surface area contributed by atoms with Crippen molar-refractivity contribution in [3.63, 3.8) is 0 Å². The fourth-order valence-corrected chi connectivity index (χ4v) is 3.20. The topological polar surface area (TPSA) is 58.2 Å². The molecule has 0 spiro atoms. The van der Waals surface area contributed by atoms with Gasteiger partial charge in [-0.2, -0.15) is 13.2 Å². The summed E-state index contributed by atoms with van der Waals surface area (Å²) in [5.41, 5.74) is -1.14. The maximum atomic E-state index is 12.8. The van der Waals surface area contributed by atoms with Gasteiger partial charge in [0.1, 0.15) is 0 Å². The molecule has 4 nitrogen and oxygen atoms in total. The normalized spacial score (nSPS) is 16.1. The van der Waals surface area contributed by atoms with Crippen LogP contribution in [0.25, 0.3) is 0 Å². The minimum absolute atomic E-state index is 0.105. The summed E-state index contributed by atoms with van der Waals surface area (Å²) in [6.07, 6.45) is -1.90. The lowest BCUT2D eigenvalue weighted by Gasteiger charge is -2.13. The SMILES string of the molecule is O=S(=O)(NCCCNC1CC1)c1ccccc1C(F)(F)F. The van der Waals surface area contributed by atoms with Crippen LogP contribution in [0.3, 0.4) is 0 Å². The van der Waals surface area contributed by atoms with Crippen LogP contribution in [0.4, 0.5) is 13.2 Å². The number of alkyl halides is 3. The average molecular weight is 322 g/mol. The second-order valence-corrected chi connectivity index (χ2v) is 6.71. The lowest BCUT2D eigenvalue weighted by molar-refractivity contribution is -0.139. The predicted molar refractivity (Wildman–Crippen MR) is 72.3 cm³/mol. The van der Waals surface area contributed by atoms with Crippen molar-refractivity contribution in [3.05, 3.63) is 29.8 Å². The van der Waals surface area contributed by atoms with Crippen LogP contribution >= 0.6 is 0 Å². The molecule has 0 saturated heterocycles.